The third-order valence-electron chi connectivity index (χ3n) is 3.37. The van der Waals surface area contributed by atoms with Crippen LogP contribution in [0.2, 0.25) is 0 Å². The Labute approximate surface area is 133 Å². The van der Waals surface area contributed by atoms with Gasteiger partial charge in [0, 0.05) is 18.7 Å². The van der Waals surface area contributed by atoms with Gasteiger partial charge in [0.2, 0.25) is 11.7 Å². The van der Waals surface area contributed by atoms with Gasteiger partial charge in [0.1, 0.15) is 6.54 Å². The topological polar surface area (TPSA) is 101 Å². The second-order valence-electron chi connectivity index (χ2n) is 5.13. The Balaban J connectivity index is 2.01. The lowest BCUT2D eigenvalue weighted by Gasteiger charge is -2.19. The van der Waals surface area contributed by atoms with E-state index in [0.29, 0.717) is 12.4 Å². The number of amides is 1. The molecule has 0 aliphatic heterocycles. The summed E-state index contributed by atoms with van der Waals surface area (Å²) >= 11 is 0. The largest absolute Gasteiger partial charge is 0.481 e. The molecule has 2 rings (SSSR count). The van der Waals surface area contributed by atoms with E-state index in [4.69, 9.17) is 5.11 Å². The molecular formula is C15H19N5O3. The van der Waals surface area contributed by atoms with Gasteiger partial charge in [0.15, 0.2) is 0 Å². The van der Waals surface area contributed by atoms with E-state index in [1.54, 1.807) is 6.92 Å². The summed E-state index contributed by atoms with van der Waals surface area (Å²) in [6.07, 6.45) is -0.0843. The molecule has 0 unspecified atom stereocenters. The predicted molar refractivity (Wildman–Crippen MR) is 82.5 cm³/mol. The van der Waals surface area contributed by atoms with Crippen molar-refractivity contribution in [2.45, 2.75) is 26.8 Å². The Morgan fingerprint density at radius 2 is 1.96 bits per heavy atom. The van der Waals surface area contributed by atoms with Gasteiger partial charge in [-0.15, -0.1) is 10.2 Å². The van der Waals surface area contributed by atoms with Crippen molar-refractivity contribution < 1.29 is 14.7 Å². The van der Waals surface area contributed by atoms with Gasteiger partial charge in [-0.2, -0.15) is 4.80 Å². The molecule has 0 atom stereocenters. The summed E-state index contributed by atoms with van der Waals surface area (Å²) in [4.78, 5) is 25.4. The quantitative estimate of drug-likeness (QED) is 0.816. The highest BCUT2D eigenvalue weighted by molar-refractivity contribution is 5.76. The predicted octanol–water partition coefficient (Wildman–Crippen LogP) is 0.972. The first-order valence-corrected chi connectivity index (χ1v) is 7.34. The van der Waals surface area contributed by atoms with Crippen molar-refractivity contribution >= 4 is 11.9 Å². The van der Waals surface area contributed by atoms with Crippen molar-refractivity contribution in [3.63, 3.8) is 0 Å². The highest BCUT2D eigenvalue weighted by atomic mass is 16.4. The van der Waals surface area contributed by atoms with Crippen molar-refractivity contribution in [2.24, 2.45) is 0 Å². The van der Waals surface area contributed by atoms with Crippen LogP contribution in [-0.4, -0.2) is 55.2 Å². The molecule has 122 valence electrons. The molecule has 0 aliphatic rings. The summed E-state index contributed by atoms with van der Waals surface area (Å²) in [6, 6.07) is 7.69. The van der Waals surface area contributed by atoms with Gasteiger partial charge in [-0.1, -0.05) is 29.8 Å². The lowest BCUT2D eigenvalue weighted by atomic mass is 10.1. The molecule has 0 aliphatic carbocycles. The third kappa shape index (κ3) is 4.60. The van der Waals surface area contributed by atoms with Gasteiger partial charge in [-0.05, 0) is 19.1 Å². The van der Waals surface area contributed by atoms with Crippen LogP contribution in [0.15, 0.2) is 24.3 Å². The Bertz CT molecular complexity index is 681. The summed E-state index contributed by atoms with van der Waals surface area (Å²) in [5.74, 6) is -0.718. The van der Waals surface area contributed by atoms with Gasteiger partial charge < -0.3 is 10.0 Å². The maximum Gasteiger partial charge on any atom is 0.305 e. The van der Waals surface area contributed by atoms with Gasteiger partial charge in [0.05, 0.1) is 6.42 Å². The summed E-state index contributed by atoms with van der Waals surface area (Å²) < 4.78 is 0. The van der Waals surface area contributed by atoms with Crippen LogP contribution in [0, 0.1) is 6.92 Å². The zero-order chi connectivity index (χ0) is 16.8. The summed E-state index contributed by atoms with van der Waals surface area (Å²) in [5, 5.41) is 20.7. The second kappa shape index (κ2) is 7.48. The Morgan fingerprint density at radius 1 is 1.26 bits per heavy atom. The monoisotopic (exact) mass is 317 g/mol. The van der Waals surface area contributed by atoms with E-state index >= 15 is 0 Å². The number of rotatable bonds is 7. The molecule has 0 spiro atoms. The van der Waals surface area contributed by atoms with Gasteiger partial charge in [0.25, 0.3) is 0 Å². The maximum absolute atomic E-state index is 12.2. The standard InChI is InChI=1S/C15H19N5O3/c1-3-19(9-8-14(22)23)13(21)10-20-17-15(16-18-20)12-6-4-11(2)5-7-12/h4-7H,3,8-10H2,1-2H3,(H,22,23). The summed E-state index contributed by atoms with van der Waals surface area (Å²) in [6.45, 7) is 4.33. The Kier molecular flexibility index (Phi) is 5.40. The van der Waals surface area contributed by atoms with Crippen LogP contribution in [0.3, 0.4) is 0 Å². The Hall–Kier alpha value is -2.77. The highest BCUT2D eigenvalue weighted by Gasteiger charge is 2.15. The van der Waals surface area contributed by atoms with Crippen LogP contribution in [0.1, 0.15) is 18.9 Å². The number of hydrogen-bond donors (Lipinski definition) is 1. The maximum atomic E-state index is 12.2. The molecular weight excluding hydrogens is 298 g/mol. The van der Waals surface area contributed by atoms with E-state index in [-0.39, 0.29) is 25.4 Å². The van der Waals surface area contributed by atoms with Gasteiger partial charge in [-0.3, -0.25) is 9.59 Å². The number of likely N-dealkylation sites (N-methyl/N-ethyl adjacent to an activating group) is 1. The molecule has 0 saturated carbocycles. The molecule has 1 amide bonds. The molecule has 1 heterocycles. The van der Waals surface area contributed by atoms with Crippen molar-refractivity contribution in [3.8, 4) is 11.4 Å². The van der Waals surface area contributed by atoms with E-state index in [1.165, 1.54) is 9.70 Å². The molecule has 1 aromatic carbocycles. The first-order chi connectivity index (χ1) is 11.0. The van der Waals surface area contributed by atoms with Crippen molar-refractivity contribution in [2.75, 3.05) is 13.1 Å². The first-order valence-electron chi connectivity index (χ1n) is 7.34. The number of carbonyl (C=O) groups is 2. The summed E-state index contributed by atoms with van der Waals surface area (Å²) in [7, 11) is 0. The highest BCUT2D eigenvalue weighted by Crippen LogP contribution is 2.13. The van der Waals surface area contributed by atoms with Crippen LogP contribution in [-0.2, 0) is 16.1 Å². The van der Waals surface area contributed by atoms with E-state index in [0.717, 1.165) is 11.1 Å². The molecule has 8 heteroatoms. The number of aliphatic carboxylic acids is 1. The van der Waals surface area contributed by atoms with E-state index in [1.807, 2.05) is 31.2 Å². The minimum Gasteiger partial charge on any atom is -0.481 e. The molecule has 1 aromatic heterocycles. The van der Waals surface area contributed by atoms with Crippen LogP contribution in [0.25, 0.3) is 11.4 Å². The molecule has 0 saturated heterocycles. The minimum absolute atomic E-state index is 0.0632. The molecule has 1 N–H and O–H groups in total. The number of tetrazole rings is 1. The van der Waals surface area contributed by atoms with Crippen LogP contribution in [0.4, 0.5) is 0 Å². The molecule has 2 aromatic rings. The average Bonchev–Trinajstić information content (AvgIpc) is 2.96. The van der Waals surface area contributed by atoms with Crippen molar-refractivity contribution in [1.82, 2.24) is 25.1 Å². The number of benzene rings is 1. The number of hydrogen-bond acceptors (Lipinski definition) is 5. The first kappa shape index (κ1) is 16.6. The summed E-state index contributed by atoms with van der Waals surface area (Å²) in [5.41, 5.74) is 1.96. The fraction of sp³-hybridized carbons (Fsp3) is 0.400. The van der Waals surface area contributed by atoms with Gasteiger partial charge >= 0.3 is 5.97 Å². The Morgan fingerprint density at radius 3 is 2.57 bits per heavy atom. The normalized spacial score (nSPS) is 10.5. The number of aromatic nitrogens is 4. The van der Waals surface area contributed by atoms with E-state index in [2.05, 4.69) is 15.4 Å². The molecule has 0 fully saturated rings. The number of carbonyl (C=O) groups excluding carboxylic acids is 1. The fourth-order valence-electron chi connectivity index (χ4n) is 2.04. The average molecular weight is 317 g/mol. The SMILES string of the molecule is CCN(CCC(=O)O)C(=O)Cn1nnc(-c2ccc(C)cc2)n1. The van der Waals surface area contributed by atoms with Crippen LogP contribution >= 0.6 is 0 Å². The van der Waals surface area contributed by atoms with Crippen LogP contribution < -0.4 is 0 Å². The van der Waals surface area contributed by atoms with E-state index < -0.39 is 5.97 Å². The second-order valence-corrected chi connectivity index (χ2v) is 5.13. The lowest BCUT2D eigenvalue weighted by Crippen LogP contribution is -2.35. The fourth-order valence-corrected chi connectivity index (χ4v) is 2.04. The molecule has 0 bridgehead atoms. The smallest absolute Gasteiger partial charge is 0.305 e. The number of carboxylic acids is 1. The third-order valence-corrected chi connectivity index (χ3v) is 3.37. The minimum atomic E-state index is -0.934. The zero-order valence-electron chi connectivity index (χ0n) is 13.1. The molecule has 23 heavy (non-hydrogen) atoms. The van der Waals surface area contributed by atoms with Crippen LogP contribution in [0.5, 0.6) is 0 Å². The molecule has 8 nitrogen and oxygen atoms in total. The van der Waals surface area contributed by atoms with Gasteiger partial charge in [-0.25, -0.2) is 0 Å². The molecule has 0 radical (unpaired) electrons. The number of carboxylic acid groups (broad SMARTS) is 1. The zero-order valence-corrected chi connectivity index (χ0v) is 13.1. The van der Waals surface area contributed by atoms with E-state index in [9.17, 15) is 9.59 Å². The number of aryl methyl sites for hydroxylation is 1. The van der Waals surface area contributed by atoms with Crippen molar-refractivity contribution in [3.05, 3.63) is 29.8 Å². The number of nitrogens with zero attached hydrogens (tertiary/aromatic N) is 5. The lowest BCUT2D eigenvalue weighted by molar-refractivity contribution is -0.138. The van der Waals surface area contributed by atoms with Crippen molar-refractivity contribution in [1.29, 1.82) is 0 Å².